The molecule has 0 saturated carbocycles. The molecule has 0 spiro atoms. The summed E-state index contributed by atoms with van der Waals surface area (Å²) in [6, 6.07) is 18.2. The minimum absolute atomic E-state index is 0.152. The molecular weight excluding hydrogens is 376 g/mol. The molecule has 6 nitrogen and oxygen atoms in total. The molecule has 1 aromatic heterocycles. The van der Waals surface area contributed by atoms with Gasteiger partial charge in [0, 0.05) is 12.1 Å². The van der Waals surface area contributed by atoms with Crippen molar-refractivity contribution >= 4 is 21.3 Å². The van der Waals surface area contributed by atoms with Crippen LogP contribution in [0.4, 0.5) is 11.5 Å². The van der Waals surface area contributed by atoms with Gasteiger partial charge in [-0.15, -0.1) is 0 Å². The molecule has 0 saturated heterocycles. The van der Waals surface area contributed by atoms with E-state index < -0.39 is 15.4 Å². The lowest BCUT2D eigenvalue weighted by Gasteiger charge is -2.36. The number of hydrogen-bond donors (Lipinski definition) is 0. The summed E-state index contributed by atoms with van der Waals surface area (Å²) < 4.78 is 32.9. The second-order valence-corrected chi connectivity index (χ2v) is 9.23. The van der Waals surface area contributed by atoms with E-state index in [0.717, 1.165) is 4.73 Å². The number of anilines is 2. The Bertz CT molecular complexity index is 1130. The summed E-state index contributed by atoms with van der Waals surface area (Å²) in [6.45, 7) is 4.26. The van der Waals surface area contributed by atoms with Crippen molar-refractivity contribution in [3.8, 4) is 5.75 Å². The zero-order valence-electron chi connectivity index (χ0n) is 15.6. The van der Waals surface area contributed by atoms with Gasteiger partial charge in [-0.05, 0) is 44.2 Å². The molecule has 4 rings (SSSR count). The molecule has 7 heteroatoms. The number of fused-ring (bicyclic) bond motifs is 1. The Morgan fingerprint density at radius 3 is 2.43 bits per heavy atom. The summed E-state index contributed by atoms with van der Waals surface area (Å²) in [5, 5.41) is 12.4. The summed E-state index contributed by atoms with van der Waals surface area (Å²) in [4.78, 5) is 2.17. The van der Waals surface area contributed by atoms with Crippen LogP contribution in [-0.4, -0.2) is 20.6 Å². The minimum Gasteiger partial charge on any atom is -0.711 e. The smallest absolute Gasteiger partial charge is 0.285 e. The molecule has 0 amide bonds. The first-order valence-electron chi connectivity index (χ1n) is 8.87. The number of aromatic nitrogens is 1. The van der Waals surface area contributed by atoms with Crippen LogP contribution in [0.1, 0.15) is 13.8 Å². The third kappa shape index (κ3) is 3.18. The molecule has 28 heavy (non-hydrogen) atoms. The van der Waals surface area contributed by atoms with Crippen LogP contribution in [0.2, 0.25) is 0 Å². The van der Waals surface area contributed by atoms with Crippen LogP contribution in [0.5, 0.6) is 5.75 Å². The molecule has 1 aliphatic rings. The Morgan fingerprint density at radius 1 is 1.00 bits per heavy atom. The van der Waals surface area contributed by atoms with Gasteiger partial charge < -0.3 is 9.94 Å². The molecule has 0 fully saturated rings. The lowest BCUT2D eigenvalue weighted by molar-refractivity contribution is -0.592. The van der Waals surface area contributed by atoms with Gasteiger partial charge >= 0.3 is 0 Å². The summed E-state index contributed by atoms with van der Waals surface area (Å²) in [7, 11) is -3.68. The van der Waals surface area contributed by atoms with Crippen LogP contribution in [0.25, 0.3) is 0 Å². The molecule has 0 radical (unpaired) electrons. The van der Waals surface area contributed by atoms with Crippen molar-refractivity contribution in [2.24, 2.45) is 0 Å². The molecule has 2 heterocycles. The Labute approximate surface area is 164 Å². The maximum absolute atomic E-state index is 13.0. The summed E-state index contributed by atoms with van der Waals surface area (Å²) in [5.74, 6) is 0.946. The summed E-state index contributed by atoms with van der Waals surface area (Å²) >= 11 is 0. The van der Waals surface area contributed by atoms with Crippen LogP contribution in [0.15, 0.2) is 82.7 Å². The number of nitrogens with zero attached hydrogens (tertiary/aromatic N) is 2. The number of pyridine rings is 1. The average molecular weight is 396 g/mol. The number of ether oxygens (including phenoxy) is 1. The SMILES string of the molecule is CC1(C)CN(c2cccc[n+]2[O-])c2cc(S(=O)(=O)c3ccccc3)ccc2O1. The van der Waals surface area contributed by atoms with E-state index in [2.05, 4.69) is 0 Å². The fraction of sp³-hybridized carbons (Fsp3) is 0.190. The van der Waals surface area contributed by atoms with Crippen molar-refractivity contribution in [1.82, 2.24) is 0 Å². The maximum atomic E-state index is 13.0. The fourth-order valence-electron chi connectivity index (χ4n) is 3.33. The summed E-state index contributed by atoms with van der Waals surface area (Å²) in [6.07, 6.45) is 1.42. The standard InChI is InChI=1S/C21H20N2O4S/c1-21(2)15-22(20-10-6-7-13-23(20)24)18-14-17(11-12-19(18)27-21)28(25,26)16-8-4-3-5-9-16/h3-14H,15H2,1-2H3. The van der Waals surface area contributed by atoms with Gasteiger partial charge in [0.25, 0.3) is 5.82 Å². The van der Waals surface area contributed by atoms with E-state index in [1.54, 1.807) is 65.6 Å². The van der Waals surface area contributed by atoms with Crippen molar-refractivity contribution in [3.63, 3.8) is 0 Å². The van der Waals surface area contributed by atoms with Gasteiger partial charge in [0.2, 0.25) is 9.84 Å². The van der Waals surface area contributed by atoms with Crippen LogP contribution >= 0.6 is 0 Å². The Morgan fingerprint density at radius 2 is 1.71 bits per heavy atom. The lowest BCUT2D eigenvalue weighted by Crippen LogP contribution is -2.48. The first-order chi connectivity index (χ1) is 13.3. The van der Waals surface area contributed by atoms with Crippen molar-refractivity contribution in [1.29, 1.82) is 0 Å². The van der Waals surface area contributed by atoms with Gasteiger partial charge in [0.1, 0.15) is 12.1 Å². The number of rotatable bonds is 3. The fourth-order valence-corrected chi connectivity index (χ4v) is 4.63. The van der Waals surface area contributed by atoms with Gasteiger partial charge in [0.15, 0.2) is 11.4 Å². The second-order valence-electron chi connectivity index (χ2n) is 7.28. The molecule has 0 unspecified atom stereocenters. The van der Waals surface area contributed by atoms with Crippen LogP contribution in [-0.2, 0) is 9.84 Å². The van der Waals surface area contributed by atoms with Gasteiger partial charge in [-0.3, -0.25) is 0 Å². The molecular formula is C21H20N2O4S. The number of sulfone groups is 1. The number of benzene rings is 2. The van der Waals surface area contributed by atoms with E-state index in [9.17, 15) is 13.6 Å². The average Bonchev–Trinajstić information content (AvgIpc) is 2.67. The second kappa shape index (κ2) is 6.53. The molecule has 2 aromatic carbocycles. The quantitative estimate of drug-likeness (QED) is 0.501. The normalized spacial score (nSPS) is 15.6. The van der Waals surface area contributed by atoms with Crippen LogP contribution in [0, 0.1) is 5.21 Å². The highest BCUT2D eigenvalue weighted by Gasteiger charge is 2.39. The molecule has 0 bridgehead atoms. The summed E-state index contributed by atoms with van der Waals surface area (Å²) in [5.41, 5.74) is 0.00230. The van der Waals surface area contributed by atoms with Crippen molar-refractivity contribution in [2.45, 2.75) is 29.2 Å². The van der Waals surface area contributed by atoms with E-state index in [1.807, 2.05) is 13.8 Å². The molecule has 0 aliphatic carbocycles. The lowest BCUT2D eigenvalue weighted by atomic mass is 10.1. The molecule has 0 N–H and O–H groups in total. The first-order valence-corrected chi connectivity index (χ1v) is 10.4. The van der Waals surface area contributed by atoms with E-state index in [0.29, 0.717) is 23.8 Å². The largest absolute Gasteiger partial charge is 0.711 e. The molecule has 1 aliphatic heterocycles. The van der Waals surface area contributed by atoms with E-state index >= 15 is 0 Å². The highest BCUT2D eigenvalue weighted by Crippen LogP contribution is 2.42. The first kappa shape index (κ1) is 18.3. The van der Waals surface area contributed by atoms with Crippen LogP contribution in [0.3, 0.4) is 0 Å². The Hall–Kier alpha value is -3.06. The van der Waals surface area contributed by atoms with Gasteiger partial charge in [0.05, 0.1) is 16.0 Å². The zero-order chi connectivity index (χ0) is 19.9. The maximum Gasteiger partial charge on any atom is 0.285 e. The van der Waals surface area contributed by atoms with Crippen molar-refractivity contribution < 1.29 is 17.9 Å². The van der Waals surface area contributed by atoms with E-state index in [-0.39, 0.29) is 9.79 Å². The highest BCUT2D eigenvalue weighted by atomic mass is 32.2. The van der Waals surface area contributed by atoms with Crippen molar-refractivity contribution in [2.75, 3.05) is 11.4 Å². The van der Waals surface area contributed by atoms with E-state index in [4.69, 9.17) is 4.74 Å². The molecule has 3 aromatic rings. The third-order valence-corrected chi connectivity index (χ3v) is 6.36. The highest BCUT2D eigenvalue weighted by molar-refractivity contribution is 7.91. The van der Waals surface area contributed by atoms with Gasteiger partial charge in [-0.1, -0.05) is 24.3 Å². The Kier molecular flexibility index (Phi) is 4.27. The zero-order valence-corrected chi connectivity index (χ0v) is 16.4. The predicted molar refractivity (Wildman–Crippen MR) is 105 cm³/mol. The van der Waals surface area contributed by atoms with Crippen molar-refractivity contribution in [3.05, 3.63) is 78.1 Å². The van der Waals surface area contributed by atoms with Gasteiger partial charge in [-0.2, -0.15) is 0 Å². The third-order valence-electron chi connectivity index (χ3n) is 4.59. The van der Waals surface area contributed by atoms with E-state index in [1.165, 1.54) is 12.3 Å². The van der Waals surface area contributed by atoms with Gasteiger partial charge in [-0.25, -0.2) is 18.0 Å². The van der Waals surface area contributed by atoms with Crippen LogP contribution < -0.4 is 14.4 Å². The minimum atomic E-state index is -3.68. The monoisotopic (exact) mass is 396 g/mol. The predicted octanol–water partition coefficient (Wildman–Crippen LogP) is 3.46. The topological polar surface area (TPSA) is 73.5 Å². The Balaban J connectivity index is 1.87. The molecule has 144 valence electrons. The molecule has 0 atom stereocenters. The number of hydrogen-bond acceptors (Lipinski definition) is 5.